The van der Waals surface area contributed by atoms with E-state index in [-0.39, 0.29) is 23.6 Å². The number of rotatable bonds is 6. The van der Waals surface area contributed by atoms with Gasteiger partial charge in [-0.3, -0.25) is 13.9 Å². The van der Waals surface area contributed by atoms with Crippen molar-refractivity contribution < 1.29 is 18.0 Å². The van der Waals surface area contributed by atoms with Gasteiger partial charge in [0.15, 0.2) is 0 Å². The van der Waals surface area contributed by atoms with Gasteiger partial charge in [0.1, 0.15) is 0 Å². The molecule has 0 unspecified atom stereocenters. The van der Waals surface area contributed by atoms with Crippen LogP contribution in [0.2, 0.25) is 0 Å². The first-order valence-electron chi connectivity index (χ1n) is 9.75. The fourth-order valence-electron chi connectivity index (χ4n) is 3.09. The Bertz CT molecular complexity index is 1040. The van der Waals surface area contributed by atoms with E-state index in [4.69, 9.17) is 0 Å². The van der Waals surface area contributed by atoms with Crippen LogP contribution in [0.15, 0.2) is 54.6 Å². The van der Waals surface area contributed by atoms with E-state index in [1.807, 2.05) is 13.8 Å². The highest BCUT2D eigenvalue weighted by Crippen LogP contribution is 2.24. The maximum Gasteiger partial charge on any atom is 0.251 e. The quantitative estimate of drug-likeness (QED) is 0.693. The number of nitrogens with one attached hydrogen (secondary N) is 2. The molecule has 1 saturated heterocycles. The predicted molar refractivity (Wildman–Crippen MR) is 119 cm³/mol. The van der Waals surface area contributed by atoms with Crippen molar-refractivity contribution in [2.45, 2.75) is 26.3 Å². The SMILES string of the molecule is CC(C)NC(=O)c1ccc(NC(=O)C=Cc2ccc(N3CCCS3(=O)=O)cc2)cc1. The number of anilines is 2. The van der Waals surface area contributed by atoms with Crippen LogP contribution in [0.25, 0.3) is 6.08 Å². The molecule has 0 radical (unpaired) electrons. The van der Waals surface area contributed by atoms with Gasteiger partial charge in [0.2, 0.25) is 15.9 Å². The molecule has 0 aliphatic carbocycles. The minimum atomic E-state index is -3.20. The monoisotopic (exact) mass is 427 g/mol. The molecule has 8 heteroatoms. The zero-order valence-electron chi connectivity index (χ0n) is 17.0. The van der Waals surface area contributed by atoms with Gasteiger partial charge in [-0.2, -0.15) is 0 Å². The molecule has 2 amide bonds. The van der Waals surface area contributed by atoms with Crippen LogP contribution in [0, 0.1) is 0 Å². The number of hydrogen-bond donors (Lipinski definition) is 2. The molecular weight excluding hydrogens is 402 g/mol. The van der Waals surface area contributed by atoms with Gasteiger partial charge >= 0.3 is 0 Å². The molecule has 1 aliphatic heterocycles. The minimum absolute atomic E-state index is 0.0517. The molecule has 2 aromatic carbocycles. The van der Waals surface area contributed by atoms with Crippen LogP contribution in [0.3, 0.4) is 0 Å². The van der Waals surface area contributed by atoms with Gasteiger partial charge in [-0.05, 0) is 68.3 Å². The summed E-state index contributed by atoms with van der Waals surface area (Å²) < 4.78 is 25.4. The van der Waals surface area contributed by atoms with Crippen molar-refractivity contribution in [2.24, 2.45) is 0 Å². The highest BCUT2D eigenvalue weighted by atomic mass is 32.2. The average Bonchev–Trinajstić information content (AvgIpc) is 3.06. The fourth-order valence-corrected chi connectivity index (χ4v) is 4.65. The van der Waals surface area contributed by atoms with Crippen LogP contribution in [0.5, 0.6) is 0 Å². The predicted octanol–water partition coefficient (Wildman–Crippen LogP) is 3.02. The molecule has 0 atom stereocenters. The summed E-state index contributed by atoms with van der Waals surface area (Å²) in [5.41, 5.74) is 2.53. The van der Waals surface area contributed by atoms with Crippen molar-refractivity contribution in [3.05, 3.63) is 65.7 Å². The Morgan fingerprint density at radius 3 is 2.27 bits per heavy atom. The van der Waals surface area contributed by atoms with Gasteiger partial charge in [-0.15, -0.1) is 0 Å². The highest BCUT2D eigenvalue weighted by Gasteiger charge is 2.28. The minimum Gasteiger partial charge on any atom is -0.350 e. The maximum atomic E-state index is 12.1. The molecule has 1 heterocycles. The summed E-state index contributed by atoms with van der Waals surface area (Å²) in [5.74, 6) is -0.286. The molecule has 2 aromatic rings. The van der Waals surface area contributed by atoms with Crippen LogP contribution in [0.1, 0.15) is 36.2 Å². The molecular formula is C22H25N3O4S. The summed E-state index contributed by atoms with van der Waals surface area (Å²) in [5, 5.41) is 5.55. The number of hydrogen-bond acceptors (Lipinski definition) is 4. The normalized spacial score (nSPS) is 15.5. The third-order valence-corrected chi connectivity index (χ3v) is 6.41. The number of carbonyl (C=O) groups is 2. The van der Waals surface area contributed by atoms with Gasteiger partial charge < -0.3 is 10.6 Å². The van der Waals surface area contributed by atoms with Crippen molar-refractivity contribution in [2.75, 3.05) is 21.9 Å². The lowest BCUT2D eigenvalue weighted by atomic mass is 10.1. The molecule has 2 N–H and O–H groups in total. The Morgan fingerprint density at radius 2 is 1.70 bits per heavy atom. The molecule has 158 valence electrons. The molecule has 30 heavy (non-hydrogen) atoms. The number of sulfonamides is 1. The Morgan fingerprint density at radius 1 is 1.03 bits per heavy atom. The van der Waals surface area contributed by atoms with E-state index in [0.717, 1.165) is 5.56 Å². The third-order valence-electron chi connectivity index (χ3n) is 4.54. The van der Waals surface area contributed by atoms with Crippen molar-refractivity contribution in [1.29, 1.82) is 0 Å². The molecule has 0 aromatic heterocycles. The molecule has 0 saturated carbocycles. The second-order valence-corrected chi connectivity index (χ2v) is 9.37. The molecule has 0 spiro atoms. The molecule has 7 nitrogen and oxygen atoms in total. The largest absolute Gasteiger partial charge is 0.350 e. The van der Waals surface area contributed by atoms with Crippen LogP contribution in [-0.2, 0) is 14.8 Å². The maximum absolute atomic E-state index is 12.1. The van der Waals surface area contributed by atoms with Gasteiger partial charge in [0.05, 0.1) is 11.4 Å². The van der Waals surface area contributed by atoms with E-state index < -0.39 is 10.0 Å². The first-order chi connectivity index (χ1) is 14.2. The Balaban J connectivity index is 1.57. The van der Waals surface area contributed by atoms with E-state index in [2.05, 4.69) is 10.6 Å². The number of nitrogens with zero attached hydrogens (tertiary/aromatic N) is 1. The second-order valence-electron chi connectivity index (χ2n) is 7.36. The summed E-state index contributed by atoms with van der Waals surface area (Å²) in [6, 6.07) is 13.7. The third kappa shape index (κ3) is 5.48. The van der Waals surface area contributed by atoms with Crippen molar-refractivity contribution >= 4 is 39.3 Å². The highest BCUT2D eigenvalue weighted by molar-refractivity contribution is 7.93. The molecule has 3 rings (SSSR count). The summed E-state index contributed by atoms with van der Waals surface area (Å²) in [4.78, 5) is 24.1. The topological polar surface area (TPSA) is 95.6 Å². The van der Waals surface area contributed by atoms with E-state index in [1.165, 1.54) is 10.4 Å². The van der Waals surface area contributed by atoms with Crippen molar-refractivity contribution in [1.82, 2.24) is 5.32 Å². The van der Waals surface area contributed by atoms with Crippen LogP contribution < -0.4 is 14.9 Å². The summed E-state index contributed by atoms with van der Waals surface area (Å²) in [7, 11) is -3.20. The van der Waals surface area contributed by atoms with Gasteiger partial charge in [-0.25, -0.2) is 8.42 Å². The standard InChI is InChI=1S/C22H25N3O4S/c1-16(2)23-22(27)18-7-9-19(10-8-18)24-21(26)13-6-17-4-11-20(12-5-17)25-14-3-15-30(25,28)29/h4-13,16H,3,14-15H2,1-2H3,(H,23,27)(H,24,26). The summed E-state index contributed by atoms with van der Waals surface area (Å²) in [6.07, 6.45) is 3.69. The van der Waals surface area contributed by atoms with Gasteiger partial charge in [-0.1, -0.05) is 12.1 Å². The van der Waals surface area contributed by atoms with Gasteiger partial charge in [0, 0.05) is 29.9 Å². The van der Waals surface area contributed by atoms with Crippen LogP contribution in [-0.4, -0.2) is 38.6 Å². The number of amides is 2. The number of carbonyl (C=O) groups excluding carboxylic acids is 2. The first-order valence-corrected chi connectivity index (χ1v) is 11.4. The lowest BCUT2D eigenvalue weighted by Gasteiger charge is -2.16. The van der Waals surface area contributed by atoms with Crippen molar-refractivity contribution in [3.8, 4) is 0 Å². The molecule has 0 bridgehead atoms. The lowest BCUT2D eigenvalue weighted by molar-refractivity contribution is -0.111. The van der Waals surface area contributed by atoms with Crippen LogP contribution in [0.4, 0.5) is 11.4 Å². The van der Waals surface area contributed by atoms with Crippen LogP contribution >= 0.6 is 0 Å². The van der Waals surface area contributed by atoms with E-state index in [0.29, 0.717) is 29.9 Å². The van der Waals surface area contributed by atoms with Gasteiger partial charge in [0.25, 0.3) is 5.91 Å². The zero-order chi connectivity index (χ0) is 21.7. The zero-order valence-corrected chi connectivity index (χ0v) is 17.8. The number of benzene rings is 2. The van der Waals surface area contributed by atoms with E-state index >= 15 is 0 Å². The lowest BCUT2D eigenvalue weighted by Crippen LogP contribution is -2.29. The Hall–Kier alpha value is -3.13. The van der Waals surface area contributed by atoms with Crippen molar-refractivity contribution in [3.63, 3.8) is 0 Å². The smallest absolute Gasteiger partial charge is 0.251 e. The average molecular weight is 428 g/mol. The summed E-state index contributed by atoms with van der Waals surface area (Å²) in [6.45, 7) is 4.28. The Labute approximate surface area is 176 Å². The fraction of sp³-hybridized carbons (Fsp3) is 0.273. The molecule has 1 fully saturated rings. The first kappa shape index (κ1) is 21.6. The van der Waals surface area contributed by atoms with E-state index in [9.17, 15) is 18.0 Å². The van der Waals surface area contributed by atoms with E-state index in [1.54, 1.807) is 54.6 Å². The summed E-state index contributed by atoms with van der Waals surface area (Å²) >= 11 is 0. The Kier molecular flexibility index (Phi) is 6.56. The second kappa shape index (κ2) is 9.13. The molecule has 1 aliphatic rings.